The van der Waals surface area contributed by atoms with E-state index in [2.05, 4.69) is 65.3 Å². The summed E-state index contributed by atoms with van der Waals surface area (Å²) in [5, 5.41) is 5.85. The van der Waals surface area contributed by atoms with Crippen molar-refractivity contribution in [2.45, 2.75) is 51.2 Å². The van der Waals surface area contributed by atoms with Gasteiger partial charge in [0.1, 0.15) is 5.60 Å². The third-order valence-corrected chi connectivity index (χ3v) is 6.43. The molecule has 0 bridgehead atoms. The summed E-state index contributed by atoms with van der Waals surface area (Å²) in [6.07, 6.45) is 4.02. The molecule has 0 aromatic heterocycles. The molecule has 2 aromatic carbocycles. The van der Waals surface area contributed by atoms with Crippen molar-refractivity contribution in [2.24, 2.45) is 5.92 Å². The Kier molecular flexibility index (Phi) is 9.41. The van der Waals surface area contributed by atoms with Gasteiger partial charge in [0.15, 0.2) is 0 Å². The highest BCUT2D eigenvalue weighted by molar-refractivity contribution is 7.96. The second-order valence-electron chi connectivity index (χ2n) is 9.57. The van der Waals surface area contributed by atoms with Crippen LogP contribution in [0.3, 0.4) is 0 Å². The molecule has 1 saturated heterocycles. The van der Waals surface area contributed by atoms with Crippen LogP contribution in [-0.4, -0.2) is 61.7 Å². The lowest BCUT2D eigenvalue weighted by Crippen LogP contribution is -2.39. The minimum Gasteiger partial charge on any atom is -0.452 e. The van der Waals surface area contributed by atoms with E-state index in [1.807, 2.05) is 13.8 Å². The van der Waals surface area contributed by atoms with Gasteiger partial charge in [0.05, 0.1) is 0 Å². The number of ether oxygens (including phenoxy) is 2. The van der Waals surface area contributed by atoms with Crippen molar-refractivity contribution in [2.75, 3.05) is 39.9 Å². The summed E-state index contributed by atoms with van der Waals surface area (Å²) >= 11 is 3.77. The van der Waals surface area contributed by atoms with Gasteiger partial charge in [-0.05, 0) is 68.3 Å². The summed E-state index contributed by atoms with van der Waals surface area (Å²) in [5.41, 5.74) is 0.930. The molecular weight excluding hydrogens is 420 g/mol. The third-order valence-electron chi connectivity index (χ3n) is 6.34. The van der Waals surface area contributed by atoms with Crippen molar-refractivity contribution >= 4 is 28.7 Å². The molecule has 0 radical (unpaired) electrons. The molecular formula is C26H38N2O3S. The number of nitrogens with one attached hydrogen (secondary N) is 1. The first-order valence-electron chi connectivity index (χ1n) is 11.7. The number of fused-ring (bicyclic) bond motifs is 1. The molecule has 1 fully saturated rings. The Bertz CT molecular complexity index is 868. The molecule has 1 aliphatic rings. The number of hydrogen-bond acceptors (Lipinski definition) is 5. The largest absolute Gasteiger partial charge is 0.452 e. The highest BCUT2D eigenvalue weighted by Gasteiger charge is 2.32. The van der Waals surface area contributed by atoms with Crippen molar-refractivity contribution in [3.8, 4) is 0 Å². The molecule has 1 N–H and O–H groups in total. The minimum absolute atomic E-state index is 0.456. The Hall–Kier alpha value is -1.60. The van der Waals surface area contributed by atoms with Gasteiger partial charge < -0.3 is 19.7 Å². The molecule has 2 atom stereocenters. The van der Waals surface area contributed by atoms with Gasteiger partial charge in [-0.2, -0.15) is 0 Å². The Morgan fingerprint density at radius 1 is 1.19 bits per heavy atom. The number of thiol groups is 1. The first kappa shape index (κ1) is 25.0. The molecule has 0 aliphatic carbocycles. The number of rotatable bonds is 12. The second kappa shape index (κ2) is 12.0. The van der Waals surface area contributed by atoms with Gasteiger partial charge in [0, 0.05) is 39.4 Å². The Balaban J connectivity index is 1.57. The van der Waals surface area contributed by atoms with E-state index in [-0.39, 0.29) is 0 Å². The van der Waals surface area contributed by atoms with Gasteiger partial charge in [0.2, 0.25) is 0 Å². The van der Waals surface area contributed by atoms with E-state index in [1.54, 1.807) is 7.11 Å². The van der Waals surface area contributed by atoms with Crippen LogP contribution >= 0.6 is 12.6 Å². The predicted molar refractivity (Wildman–Crippen MR) is 135 cm³/mol. The molecule has 0 spiro atoms. The molecule has 0 unspecified atom stereocenters. The van der Waals surface area contributed by atoms with Gasteiger partial charge in [-0.25, -0.2) is 4.79 Å². The molecule has 32 heavy (non-hydrogen) atoms. The summed E-state index contributed by atoms with van der Waals surface area (Å²) < 4.78 is 10.7. The van der Waals surface area contributed by atoms with Crippen LogP contribution in [0.2, 0.25) is 0 Å². The van der Waals surface area contributed by atoms with Gasteiger partial charge >= 0.3 is 5.30 Å². The van der Waals surface area contributed by atoms with Crippen molar-refractivity contribution in [1.29, 1.82) is 0 Å². The summed E-state index contributed by atoms with van der Waals surface area (Å²) in [6.45, 7) is 8.78. The van der Waals surface area contributed by atoms with E-state index in [4.69, 9.17) is 9.47 Å². The van der Waals surface area contributed by atoms with Crippen molar-refractivity contribution in [3.63, 3.8) is 0 Å². The Morgan fingerprint density at radius 3 is 2.75 bits per heavy atom. The maximum absolute atomic E-state index is 11.2. The minimum atomic E-state index is -0.504. The topological polar surface area (TPSA) is 50.8 Å². The van der Waals surface area contributed by atoms with Crippen LogP contribution in [0.1, 0.15) is 38.7 Å². The molecule has 0 amide bonds. The Morgan fingerprint density at radius 2 is 1.97 bits per heavy atom. The van der Waals surface area contributed by atoms with Crippen LogP contribution in [-0.2, 0) is 15.9 Å². The van der Waals surface area contributed by atoms with Crippen molar-refractivity contribution in [3.05, 3.63) is 48.0 Å². The zero-order valence-corrected chi connectivity index (χ0v) is 20.6. The maximum atomic E-state index is 11.2. The van der Waals surface area contributed by atoms with E-state index in [0.29, 0.717) is 12.0 Å². The SMILES string of the molecule is COCCCN(CCc1cccc2ccccc12)C[C@@H]1C[C@@H](CC(C)(C)OC(=O)S)CN1. The fourth-order valence-corrected chi connectivity index (χ4v) is 5.24. The molecule has 176 valence electrons. The van der Waals surface area contributed by atoms with Crippen LogP contribution in [0.4, 0.5) is 4.79 Å². The van der Waals surface area contributed by atoms with Crippen molar-refractivity contribution in [1.82, 2.24) is 10.2 Å². The van der Waals surface area contributed by atoms with Crippen LogP contribution in [0.25, 0.3) is 10.8 Å². The summed E-state index contributed by atoms with van der Waals surface area (Å²) in [7, 11) is 1.77. The van der Waals surface area contributed by atoms with Crippen LogP contribution in [0.15, 0.2) is 42.5 Å². The quantitative estimate of drug-likeness (QED) is 0.268. The van der Waals surface area contributed by atoms with Gasteiger partial charge in [0.25, 0.3) is 0 Å². The summed E-state index contributed by atoms with van der Waals surface area (Å²) in [4.78, 5) is 13.8. The molecule has 2 aromatic rings. The lowest BCUT2D eigenvalue weighted by atomic mass is 9.91. The molecule has 5 nitrogen and oxygen atoms in total. The molecule has 0 saturated carbocycles. The standard InChI is InChI=1S/C26H38N2O3S/c1-26(2,31-25(29)32)17-20-16-23(27-18-20)19-28(13-7-15-30-3)14-12-22-10-6-9-21-8-4-5-11-24(21)22/h4-6,8-11,20,23,27H,7,12-19H2,1-3H3,(H,29,32)/t20-,23-/m0/s1. The third kappa shape index (κ3) is 7.77. The van der Waals surface area contributed by atoms with Gasteiger partial charge in [-0.1, -0.05) is 55.1 Å². The molecule has 6 heteroatoms. The zero-order valence-electron chi connectivity index (χ0n) is 19.7. The Labute approximate surface area is 198 Å². The van der Waals surface area contributed by atoms with Crippen LogP contribution in [0.5, 0.6) is 0 Å². The number of hydrogen-bond donors (Lipinski definition) is 2. The lowest BCUT2D eigenvalue weighted by Gasteiger charge is -2.28. The molecule has 1 aliphatic heterocycles. The average molecular weight is 459 g/mol. The van der Waals surface area contributed by atoms with E-state index >= 15 is 0 Å². The van der Waals surface area contributed by atoms with Gasteiger partial charge in [-0.3, -0.25) is 0 Å². The predicted octanol–water partition coefficient (Wildman–Crippen LogP) is 4.93. The summed E-state index contributed by atoms with van der Waals surface area (Å²) in [5.74, 6) is 0.501. The lowest BCUT2D eigenvalue weighted by molar-refractivity contribution is 0.0398. The zero-order chi connectivity index (χ0) is 23.0. The highest BCUT2D eigenvalue weighted by Crippen LogP contribution is 2.28. The van der Waals surface area contributed by atoms with E-state index in [9.17, 15) is 4.79 Å². The van der Waals surface area contributed by atoms with E-state index < -0.39 is 10.9 Å². The van der Waals surface area contributed by atoms with Gasteiger partial charge in [-0.15, -0.1) is 0 Å². The van der Waals surface area contributed by atoms with Crippen LogP contribution in [0, 0.1) is 5.92 Å². The van der Waals surface area contributed by atoms with Crippen LogP contribution < -0.4 is 5.32 Å². The van der Waals surface area contributed by atoms with E-state index in [1.165, 1.54) is 16.3 Å². The molecule has 1 heterocycles. The number of carbonyl (C=O) groups is 1. The fraction of sp³-hybridized carbons (Fsp3) is 0.577. The number of carbonyl (C=O) groups excluding carboxylic acids is 1. The van der Waals surface area contributed by atoms with E-state index in [0.717, 1.165) is 58.5 Å². The first-order chi connectivity index (χ1) is 15.4. The second-order valence-corrected chi connectivity index (χ2v) is 9.94. The normalized spacial score (nSPS) is 19.0. The number of methoxy groups -OCH3 is 1. The smallest absolute Gasteiger partial charge is 0.364 e. The highest BCUT2D eigenvalue weighted by atomic mass is 32.1. The monoisotopic (exact) mass is 458 g/mol. The average Bonchev–Trinajstić information content (AvgIpc) is 3.16. The first-order valence-corrected chi connectivity index (χ1v) is 12.1. The number of nitrogens with zero attached hydrogens (tertiary/aromatic N) is 1. The number of benzene rings is 2. The summed E-state index contributed by atoms with van der Waals surface area (Å²) in [6, 6.07) is 15.7. The van der Waals surface area contributed by atoms with Crippen molar-refractivity contribution < 1.29 is 14.3 Å². The fourth-order valence-electron chi connectivity index (χ4n) is 5.00. The maximum Gasteiger partial charge on any atom is 0.364 e. The molecule has 3 rings (SSSR count).